The fourth-order valence-electron chi connectivity index (χ4n) is 2.40. The molecule has 0 radical (unpaired) electrons. The molecular weight excluding hydrogens is 180 g/mol. The van der Waals surface area contributed by atoms with E-state index < -0.39 is 0 Å². The lowest BCUT2D eigenvalue weighted by molar-refractivity contribution is 0.341. The summed E-state index contributed by atoms with van der Waals surface area (Å²) in [4.78, 5) is 0. The van der Waals surface area contributed by atoms with E-state index >= 15 is 0 Å². The Kier molecular flexibility index (Phi) is 2.46. The molecule has 0 spiro atoms. The third kappa shape index (κ3) is 2.14. The number of allylic oxidation sites excluding steroid dienone is 1. The minimum Gasteiger partial charge on any atom is -0.0949 e. The molecule has 1 aromatic rings. The maximum atomic E-state index is 4.25. The Morgan fingerprint density at radius 2 is 1.80 bits per heavy atom. The van der Waals surface area contributed by atoms with E-state index in [1.165, 1.54) is 17.6 Å². The predicted molar refractivity (Wildman–Crippen MR) is 66.5 cm³/mol. The molecule has 1 aromatic carbocycles. The van der Waals surface area contributed by atoms with Crippen LogP contribution in [-0.4, -0.2) is 0 Å². The van der Waals surface area contributed by atoms with E-state index in [4.69, 9.17) is 0 Å². The minimum absolute atomic E-state index is 0.433. The average Bonchev–Trinajstić information content (AvgIpc) is 2.97. The Morgan fingerprint density at radius 1 is 1.20 bits per heavy atom. The molecule has 0 aliphatic heterocycles. The van der Waals surface area contributed by atoms with Crippen LogP contribution in [0.1, 0.15) is 32.8 Å². The lowest BCUT2D eigenvalue weighted by Crippen LogP contribution is -2.09. The van der Waals surface area contributed by atoms with Crippen LogP contribution in [0.5, 0.6) is 0 Å². The second-order valence-electron chi connectivity index (χ2n) is 5.71. The predicted octanol–water partition coefficient (Wildman–Crippen LogP) is 4.38. The van der Waals surface area contributed by atoms with E-state index in [0.29, 0.717) is 11.3 Å². The molecule has 0 heteroatoms. The van der Waals surface area contributed by atoms with Gasteiger partial charge in [-0.2, -0.15) is 0 Å². The van der Waals surface area contributed by atoms with Crippen molar-refractivity contribution in [1.82, 2.24) is 0 Å². The molecule has 1 aliphatic rings. The zero-order valence-electron chi connectivity index (χ0n) is 9.96. The fraction of sp³-hybridized carbons (Fsp3) is 0.467. The van der Waals surface area contributed by atoms with Crippen molar-refractivity contribution in [3.8, 4) is 0 Å². The van der Waals surface area contributed by atoms with Gasteiger partial charge in [-0.15, -0.1) is 0 Å². The maximum absolute atomic E-state index is 4.25. The maximum Gasteiger partial charge on any atom is -0.0125 e. The summed E-state index contributed by atoms with van der Waals surface area (Å²) in [6.45, 7) is 11.2. The minimum atomic E-state index is 0.433. The Bertz CT molecular complexity index is 353. The van der Waals surface area contributed by atoms with Crippen LogP contribution in [0.2, 0.25) is 0 Å². The van der Waals surface area contributed by atoms with Crippen LogP contribution in [0.25, 0.3) is 5.57 Å². The highest BCUT2D eigenvalue weighted by Crippen LogP contribution is 2.55. The van der Waals surface area contributed by atoms with Gasteiger partial charge in [-0.25, -0.2) is 0 Å². The molecule has 0 aromatic heterocycles. The van der Waals surface area contributed by atoms with E-state index in [1.54, 1.807) is 0 Å². The first kappa shape index (κ1) is 10.5. The Hall–Kier alpha value is -1.04. The van der Waals surface area contributed by atoms with Gasteiger partial charge in [-0.3, -0.25) is 0 Å². The summed E-state index contributed by atoms with van der Waals surface area (Å²) in [5, 5.41) is 0. The van der Waals surface area contributed by atoms with Crippen LogP contribution in [0.15, 0.2) is 36.9 Å². The molecule has 80 valence electrons. The summed E-state index contributed by atoms with van der Waals surface area (Å²) in [6, 6.07) is 10.6. The zero-order valence-corrected chi connectivity index (χ0v) is 9.96. The molecule has 0 saturated heterocycles. The monoisotopic (exact) mass is 200 g/mol. The standard InChI is InChI=1S/C15H20/c1-11(12-8-6-5-7-9-12)13-10-14(13)15(2,3)4/h5-9,13-14H,1,10H2,2-4H3/t13-,14+/m1/s1. The van der Waals surface area contributed by atoms with Gasteiger partial charge in [0, 0.05) is 0 Å². The van der Waals surface area contributed by atoms with Gasteiger partial charge in [-0.05, 0) is 34.8 Å². The van der Waals surface area contributed by atoms with Crippen molar-refractivity contribution in [2.75, 3.05) is 0 Å². The summed E-state index contributed by atoms with van der Waals surface area (Å²) < 4.78 is 0. The van der Waals surface area contributed by atoms with Crippen LogP contribution in [-0.2, 0) is 0 Å². The molecule has 0 bridgehead atoms. The first-order chi connectivity index (χ1) is 7.00. The van der Waals surface area contributed by atoms with Crippen molar-refractivity contribution in [2.45, 2.75) is 27.2 Å². The Balaban J connectivity index is 2.07. The molecule has 2 rings (SSSR count). The number of benzene rings is 1. The van der Waals surface area contributed by atoms with Gasteiger partial charge < -0.3 is 0 Å². The zero-order chi connectivity index (χ0) is 11.1. The molecule has 0 heterocycles. The van der Waals surface area contributed by atoms with Gasteiger partial charge in [-0.1, -0.05) is 57.7 Å². The van der Waals surface area contributed by atoms with Crippen molar-refractivity contribution in [3.05, 3.63) is 42.5 Å². The molecule has 0 unspecified atom stereocenters. The fourth-order valence-corrected chi connectivity index (χ4v) is 2.40. The first-order valence-corrected chi connectivity index (χ1v) is 5.74. The van der Waals surface area contributed by atoms with Gasteiger partial charge in [0.2, 0.25) is 0 Å². The lowest BCUT2D eigenvalue weighted by atomic mass is 9.87. The van der Waals surface area contributed by atoms with Crippen LogP contribution in [0.4, 0.5) is 0 Å². The van der Waals surface area contributed by atoms with Gasteiger partial charge in [0.1, 0.15) is 0 Å². The SMILES string of the molecule is C=C(c1ccccc1)[C@H]1C[C@@H]1C(C)(C)C. The molecule has 1 saturated carbocycles. The molecule has 1 aliphatic carbocycles. The van der Waals surface area contributed by atoms with Crippen LogP contribution < -0.4 is 0 Å². The van der Waals surface area contributed by atoms with Gasteiger partial charge in [0.25, 0.3) is 0 Å². The topological polar surface area (TPSA) is 0 Å². The van der Waals surface area contributed by atoms with Crippen LogP contribution in [0.3, 0.4) is 0 Å². The van der Waals surface area contributed by atoms with E-state index in [-0.39, 0.29) is 0 Å². The van der Waals surface area contributed by atoms with E-state index in [2.05, 4.69) is 57.7 Å². The molecule has 1 fully saturated rings. The highest BCUT2D eigenvalue weighted by atomic mass is 14.5. The third-order valence-electron chi connectivity index (χ3n) is 3.49. The van der Waals surface area contributed by atoms with E-state index in [0.717, 1.165) is 5.92 Å². The number of hydrogen-bond acceptors (Lipinski definition) is 0. The number of rotatable bonds is 2. The molecule has 0 N–H and O–H groups in total. The van der Waals surface area contributed by atoms with E-state index in [9.17, 15) is 0 Å². The lowest BCUT2D eigenvalue weighted by Gasteiger charge is -2.18. The summed E-state index contributed by atoms with van der Waals surface area (Å²) >= 11 is 0. The summed E-state index contributed by atoms with van der Waals surface area (Å²) in [7, 11) is 0. The second-order valence-corrected chi connectivity index (χ2v) is 5.71. The van der Waals surface area contributed by atoms with Crippen LogP contribution >= 0.6 is 0 Å². The molecule has 0 amide bonds. The summed E-state index contributed by atoms with van der Waals surface area (Å²) in [5.41, 5.74) is 3.08. The van der Waals surface area contributed by atoms with E-state index in [1.807, 2.05) is 0 Å². The second kappa shape index (κ2) is 3.52. The van der Waals surface area contributed by atoms with Crippen molar-refractivity contribution < 1.29 is 0 Å². The average molecular weight is 200 g/mol. The van der Waals surface area contributed by atoms with Gasteiger partial charge in [0.15, 0.2) is 0 Å². The molecule has 15 heavy (non-hydrogen) atoms. The normalized spacial score (nSPS) is 25.0. The van der Waals surface area contributed by atoms with Gasteiger partial charge >= 0.3 is 0 Å². The third-order valence-corrected chi connectivity index (χ3v) is 3.49. The van der Waals surface area contributed by atoms with Gasteiger partial charge in [0.05, 0.1) is 0 Å². The molecule has 0 nitrogen and oxygen atoms in total. The Morgan fingerprint density at radius 3 is 2.27 bits per heavy atom. The largest absolute Gasteiger partial charge is 0.0949 e. The highest BCUT2D eigenvalue weighted by molar-refractivity contribution is 5.67. The van der Waals surface area contributed by atoms with Crippen molar-refractivity contribution in [2.24, 2.45) is 17.3 Å². The quantitative estimate of drug-likeness (QED) is 0.664. The molecular formula is C15H20. The molecule has 2 atom stereocenters. The van der Waals surface area contributed by atoms with Crippen molar-refractivity contribution >= 4 is 5.57 Å². The number of hydrogen-bond donors (Lipinski definition) is 0. The van der Waals surface area contributed by atoms with Crippen molar-refractivity contribution in [3.63, 3.8) is 0 Å². The smallest absolute Gasteiger partial charge is 0.0125 e. The Labute approximate surface area is 93.0 Å². The first-order valence-electron chi connectivity index (χ1n) is 5.74. The highest BCUT2D eigenvalue weighted by Gasteiger charge is 2.46. The summed E-state index contributed by atoms with van der Waals surface area (Å²) in [6.07, 6.45) is 1.32. The van der Waals surface area contributed by atoms with Crippen molar-refractivity contribution in [1.29, 1.82) is 0 Å². The summed E-state index contributed by atoms with van der Waals surface area (Å²) in [5.74, 6) is 1.54. The van der Waals surface area contributed by atoms with Crippen LogP contribution in [0, 0.1) is 17.3 Å².